The van der Waals surface area contributed by atoms with Gasteiger partial charge < -0.3 is 9.32 Å². The molecular weight excluding hydrogens is 360 g/mol. The summed E-state index contributed by atoms with van der Waals surface area (Å²) >= 11 is 11.2. The van der Waals surface area contributed by atoms with Gasteiger partial charge in [-0.25, -0.2) is 0 Å². The van der Waals surface area contributed by atoms with E-state index in [0.29, 0.717) is 22.2 Å². The number of benzene rings is 1. The number of nitrogens with zero attached hydrogens (tertiary/aromatic N) is 3. The molecule has 2 heterocycles. The zero-order chi connectivity index (χ0) is 18.0. The number of carbonyl (C=O) groups excluding carboxylic acids is 1. The van der Waals surface area contributed by atoms with Crippen molar-refractivity contribution in [2.75, 3.05) is 7.05 Å². The standard InChI is InChI=1S/C17H17ClN4O2S/c1-11-3-8-14(24-11)9-21(2)15(23)10-22-16(19-20-17(22)25)12-4-6-13(18)7-5-12/h3-8H,9-10H2,1-2H3,(H,20,25). The first-order chi connectivity index (χ1) is 11.9. The minimum absolute atomic E-state index is 0.0868. The van der Waals surface area contributed by atoms with Gasteiger partial charge >= 0.3 is 0 Å². The molecule has 25 heavy (non-hydrogen) atoms. The van der Waals surface area contributed by atoms with E-state index in [-0.39, 0.29) is 12.5 Å². The average molecular weight is 377 g/mol. The summed E-state index contributed by atoms with van der Waals surface area (Å²) < 4.78 is 7.58. The molecule has 0 unspecified atom stereocenters. The lowest BCUT2D eigenvalue weighted by Gasteiger charge is -2.16. The largest absolute Gasteiger partial charge is 0.464 e. The van der Waals surface area contributed by atoms with E-state index in [1.165, 1.54) is 0 Å². The number of likely N-dealkylation sites (N-methyl/N-ethyl adjacent to an activating group) is 1. The Morgan fingerprint density at radius 2 is 2.04 bits per heavy atom. The third-order valence-corrected chi connectivity index (χ3v) is 4.33. The van der Waals surface area contributed by atoms with E-state index < -0.39 is 0 Å². The maximum atomic E-state index is 12.6. The Balaban J connectivity index is 1.78. The topological polar surface area (TPSA) is 67.1 Å². The van der Waals surface area contributed by atoms with E-state index in [0.717, 1.165) is 17.1 Å². The van der Waals surface area contributed by atoms with Gasteiger partial charge in [0.2, 0.25) is 5.91 Å². The van der Waals surface area contributed by atoms with Crippen LogP contribution in [0.5, 0.6) is 0 Å². The summed E-state index contributed by atoms with van der Waals surface area (Å²) in [6, 6.07) is 11.0. The highest BCUT2D eigenvalue weighted by Crippen LogP contribution is 2.20. The summed E-state index contributed by atoms with van der Waals surface area (Å²) in [5, 5.41) is 7.60. The maximum absolute atomic E-state index is 12.6. The number of aromatic amines is 1. The summed E-state index contributed by atoms with van der Waals surface area (Å²) in [4.78, 5) is 14.2. The fourth-order valence-corrected chi connectivity index (χ4v) is 2.75. The molecule has 0 atom stereocenters. The lowest BCUT2D eigenvalue weighted by Crippen LogP contribution is -2.30. The Bertz CT molecular complexity index is 942. The molecule has 3 rings (SSSR count). The van der Waals surface area contributed by atoms with Gasteiger partial charge in [0.05, 0.1) is 6.54 Å². The second-order valence-corrected chi connectivity index (χ2v) is 6.53. The van der Waals surface area contributed by atoms with Crippen molar-refractivity contribution in [3.63, 3.8) is 0 Å². The van der Waals surface area contributed by atoms with Gasteiger partial charge in [-0.05, 0) is 55.5 Å². The molecule has 130 valence electrons. The van der Waals surface area contributed by atoms with Gasteiger partial charge in [-0.15, -0.1) is 0 Å². The number of rotatable bonds is 5. The van der Waals surface area contributed by atoms with E-state index in [4.69, 9.17) is 28.2 Å². The SMILES string of the molecule is Cc1ccc(CN(C)C(=O)Cn2c(-c3ccc(Cl)cc3)n[nH]c2=S)o1. The third-order valence-electron chi connectivity index (χ3n) is 3.77. The Morgan fingerprint density at radius 1 is 1.32 bits per heavy atom. The fraction of sp³-hybridized carbons (Fsp3) is 0.235. The van der Waals surface area contributed by atoms with Gasteiger partial charge in [0.1, 0.15) is 18.1 Å². The van der Waals surface area contributed by atoms with Gasteiger partial charge in [-0.2, -0.15) is 5.10 Å². The van der Waals surface area contributed by atoms with Crippen LogP contribution in [0.25, 0.3) is 11.4 Å². The fourth-order valence-electron chi connectivity index (χ4n) is 2.43. The summed E-state index contributed by atoms with van der Waals surface area (Å²) in [6.07, 6.45) is 0. The molecule has 0 bridgehead atoms. The van der Waals surface area contributed by atoms with Crippen LogP contribution in [-0.4, -0.2) is 32.6 Å². The van der Waals surface area contributed by atoms with Crippen molar-refractivity contribution in [1.29, 1.82) is 0 Å². The Labute approximate surface area is 155 Å². The number of aryl methyl sites for hydroxylation is 1. The Morgan fingerprint density at radius 3 is 2.68 bits per heavy atom. The zero-order valence-corrected chi connectivity index (χ0v) is 15.4. The molecule has 3 aromatic rings. The van der Waals surface area contributed by atoms with Gasteiger partial charge in [-0.1, -0.05) is 11.6 Å². The Hall–Kier alpha value is -2.38. The molecule has 0 saturated carbocycles. The number of halogens is 1. The number of nitrogens with one attached hydrogen (secondary N) is 1. The molecule has 1 N–H and O–H groups in total. The predicted molar refractivity (Wildman–Crippen MR) is 97.8 cm³/mol. The summed E-state index contributed by atoms with van der Waals surface area (Å²) in [5.41, 5.74) is 0.828. The van der Waals surface area contributed by atoms with Crippen LogP contribution in [0.1, 0.15) is 11.5 Å². The van der Waals surface area contributed by atoms with E-state index in [9.17, 15) is 4.79 Å². The third kappa shape index (κ3) is 4.00. The van der Waals surface area contributed by atoms with Crippen molar-refractivity contribution in [2.45, 2.75) is 20.0 Å². The van der Waals surface area contributed by atoms with Crippen molar-refractivity contribution >= 4 is 29.7 Å². The van der Waals surface area contributed by atoms with Crippen LogP contribution in [0.2, 0.25) is 5.02 Å². The van der Waals surface area contributed by atoms with Crippen LogP contribution >= 0.6 is 23.8 Å². The van der Waals surface area contributed by atoms with E-state index >= 15 is 0 Å². The number of aromatic nitrogens is 3. The second kappa shape index (κ2) is 7.25. The monoisotopic (exact) mass is 376 g/mol. The number of amides is 1. The normalized spacial score (nSPS) is 10.8. The molecule has 0 spiro atoms. The highest BCUT2D eigenvalue weighted by atomic mass is 35.5. The molecular formula is C17H17ClN4O2S. The molecule has 0 radical (unpaired) electrons. The van der Waals surface area contributed by atoms with Crippen LogP contribution < -0.4 is 0 Å². The van der Waals surface area contributed by atoms with Gasteiger partial charge in [-0.3, -0.25) is 14.5 Å². The van der Waals surface area contributed by atoms with Crippen LogP contribution in [0.15, 0.2) is 40.8 Å². The predicted octanol–water partition coefficient (Wildman–Crippen LogP) is 3.82. The lowest BCUT2D eigenvalue weighted by atomic mass is 10.2. The molecule has 0 saturated heterocycles. The highest BCUT2D eigenvalue weighted by Gasteiger charge is 2.16. The molecule has 1 aromatic carbocycles. The molecule has 2 aromatic heterocycles. The summed E-state index contributed by atoms with van der Waals surface area (Å²) in [6.45, 7) is 2.35. The van der Waals surface area contributed by atoms with E-state index in [1.807, 2.05) is 31.2 Å². The first-order valence-corrected chi connectivity index (χ1v) is 8.43. The Kier molecular flexibility index (Phi) is 5.06. The van der Waals surface area contributed by atoms with Crippen molar-refractivity contribution in [3.05, 3.63) is 57.7 Å². The smallest absolute Gasteiger partial charge is 0.242 e. The second-order valence-electron chi connectivity index (χ2n) is 5.71. The molecule has 0 fully saturated rings. The van der Waals surface area contributed by atoms with Crippen LogP contribution in [0.3, 0.4) is 0 Å². The number of furan rings is 1. The van der Waals surface area contributed by atoms with Crippen LogP contribution in [0.4, 0.5) is 0 Å². The molecule has 0 aliphatic rings. The minimum atomic E-state index is -0.0956. The van der Waals surface area contributed by atoms with E-state index in [2.05, 4.69) is 10.2 Å². The minimum Gasteiger partial charge on any atom is -0.464 e. The number of hydrogen-bond donors (Lipinski definition) is 1. The van der Waals surface area contributed by atoms with E-state index in [1.54, 1.807) is 28.6 Å². The first kappa shape index (κ1) is 17.4. The lowest BCUT2D eigenvalue weighted by molar-refractivity contribution is -0.131. The maximum Gasteiger partial charge on any atom is 0.242 e. The molecule has 1 amide bonds. The van der Waals surface area contributed by atoms with Crippen molar-refractivity contribution in [2.24, 2.45) is 0 Å². The first-order valence-electron chi connectivity index (χ1n) is 7.64. The van der Waals surface area contributed by atoms with Gasteiger partial charge in [0.15, 0.2) is 10.6 Å². The summed E-state index contributed by atoms with van der Waals surface area (Å²) in [7, 11) is 1.73. The highest BCUT2D eigenvalue weighted by molar-refractivity contribution is 7.71. The van der Waals surface area contributed by atoms with Gasteiger partial charge in [0, 0.05) is 17.6 Å². The average Bonchev–Trinajstić information content (AvgIpc) is 3.15. The molecule has 0 aliphatic heterocycles. The number of H-pyrrole nitrogens is 1. The molecule has 6 nitrogen and oxygen atoms in total. The molecule has 0 aliphatic carbocycles. The number of carbonyl (C=O) groups is 1. The van der Waals surface area contributed by atoms with Crippen molar-refractivity contribution < 1.29 is 9.21 Å². The quantitative estimate of drug-likeness (QED) is 0.687. The summed E-state index contributed by atoms with van der Waals surface area (Å²) in [5.74, 6) is 2.05. The zero-order valence-electron chi connectivity index (χ0n) is 13.8. The van der Waals surface area contributed by atoms with Gasteiger partial charge in [0.25, 0.3) is 0 Å². The van der Waals surface area contributed by atoms with Crippen molar-refractivity contribution in [1.82, 2.24) is 19.7 Å². The van der Waals surface area contributed by atoms with Crippen LogP contribution in [-0.2, 0) is 17.9 Å². The molecule has 8 heteroatoms. The van der Waals surface area contributed by atoms with Crippen molar-refractivity contribution in [3.8, 4) is 11.4 Å². The van der Waals surface area contributed by atoms with Crippen LogP contribution in [0, 0.1) is 11.7 Å². The number of hydrogen-bond acceptors (Lipinski definition) is 4.